The molecular formula is C14H25NO6. The number of methoxy groups -OCH3 is 1. The Labute approximate surface area is 125 Å². The fourth-order valence-electron chi connectivity index (χ4n) is 1.66. The lowest BCUT2D eigenvalue weighted by atomic mass is 10.0. The van der Waals surface area contributed by atoms with E-state index in [-0.39, 0.29) is 31.3 Å². The molecule has 21 heavy (non-hydrogen) atoms. The normalized spacial score (nSPS) is 12.4. The van der Waals surface area contributed by atoms with Crippen LogP contribution in [-0.2, 0) is 19.1 Å². The Morgan fingerprint density at radius 3 is 2.24 bits per heavy atom. The van der Waals surface area contributed by atoms with Crippen molar-refractivity contribution in [1.29, 1.82) is 0 Å². The molecule has 0 saturated heterocycles. The number of rotatable bonds is 8. The Hall–Kier alpha value is -1.79. The van der Waals surface area contributed by atoms with E-state index in [0.29, 0.717) is 12.8 Å². The molecule has 1 atom stereocenters. The van der Waals surface area contributed by atoms with Crippen molar-refractivity contribution in [2.24, 2.45) is 0 Å². The third-order valence-electron chi connectivity index (χ3n) is 2.59. The SMILES string of the molecule is COC(=O)CCC[C@@H](CCC(=O)O)NC(=O)OC(C)(C)C. The molecule has 7 heteroatoms. The van der Waals surface area contributed by atoms with Crippen molar-refractivity contribution < 1.29 is 29.0 Å². The first kappa shape index (κ1) is 19.2. The standard InChI is InChI=1S/C14H25NO6/c1-14(2,3)21-13(19)15-10(8-9-11(16)17)6-5-7-12(18)20-4/h10H,5-9H2,1-4H3,(H,15,19)(H,16,17)/t10-/m0/s1. The van der Waals surface area contributed by atoms with Gasteiger partial charge in [-0.3, -0.25) is 9.59 Å². The van der Waals surface area contributed by atoms with E-state index in [4.69, 9.17) is 9.84 Å². The van der Waals surface area contributed by atoms with Crippen molar-refractivity contribution in [2.45, 2.75) is 64.5 Å². The number of ether oxygens (including phenoxy) is 2. The van der Waals surface area contributed by atoms with Crippen LogP contribution in [0.3, 0.4) is 0 Å². The number of nitrogens with one attached hydrogen (secondary N) is 1. The first-order chi connectivity index (χ1) is 9.64. The summed E-state index contributed by atoms with van der Waals surface area (Å²) >= 11 is 0. The number of carbonyl (C=O) groups is 3. The number of carboxylic acids is 1. The lowest BCUT2D eigenvalue weighted by Gasteiger charge is -2.23. The molecule has 2 N–H and O–H groups in total. The molecule has 0 bridgehead atoms. The van der Waals surface area contributed by atoms with Crippen LogP contribution in [0.4, 0.5) is 4.79 Å². The molecule has 0 spiro atoms. The van der Waals surface area contributed by atoms with E-state index in [1.807, 2.05) is 0 Å². The average Bonchev–Trinajstić information content (AvgIpc) is 2.32. The topological polar surface area (TPSA) is 102 Å². The van der Waals surface area contributed by atoms with E-state index in [1.54, 1.807) is 20.8 Å². The van der Waals surface area contributed by atoms with Gasteiger partial charge in [0.25, 0.3) is 0 Å². The smallest absolute Gasteiger partial charge is 0.407 e. The van der Waals surface area contributed by atoms with Gasteiger partial charge in [-0.05, 0) is 40.0 Å². The predicted octanol–water partition coefficient (Wildman–Crippen LogP) is 2.09. The molecule has 0 fully saturated rings. The minimum absolute atomic E-state index is 0.0569. The summed E-state index contributed by atoms with van der Waals surface area (Å²) in [5, 5.41) is 11.4. The zero-order chi connectivity index (χ0) is 16.5. The Morgan fingerprint density at radius 1 is 1.14 bits per heavy atom. The van der Waals surface area contributed by atoms with E-state index in [9.17, 15) is 14.4 Å². The quantitative estimate of drug-likeness (QED) is 0.666. The van der Waals surface area contributed by atoms with Crippen LogP contribution in [0.15, 0.2) is 0 Å². The largest absolute Gasteiger partial charge is 0.481 e. The number of carboxylic acid groups (broad SMARTS) is 1. The highest BCUT2D eigenvalue weighted by Crippen LogP contribution is 2.11. The zero-order valence-corrected chi connectivity index (χ0v) is 13.1. The minimum atomic E-state index is -0.932. The van der Waals surface area contributed by atoms with E-state index in [0.717, 1.165) is 0 Å². The second-order valence-corrected chi connectivity index (χ2v) is 5.74. The fraction of sp³-hybridized carbons (Fsp3) is 0.786. The van der Waals surface area contributed by atoms with Crippen molar-refractivity contribution in [3.63, 3.8) is 0 Å². The highest BCUT2D eigenvalue weighted by Gasteiger charge is 2.20. The molecule has 0 unspecified atom stereocenters. The summed E-state index contributed by atoms with van der Waals surface area (Å²) < 4.78 is 9.67. The van der Waals surface area contributed by atoms with Gasteiger partial charge in [-0.15, -0.1) is 0 Å². The summed E-state index contributed by atoms with van der Waals surface area (Å²) in [6.07, 6.45) is 0.870. The summed E-state index contributed by atoms with van der Waals surface area (Å²) in [7, 11) is 1.31. The van der Waals surface area contributed by atoms with Crippen LogP contribution < -0.4 is 5.32 Å². The molecule has 0 aromatic rings. The van der Waals surface area contributed by atoms with Gasteiger partial charge < -0.3 is 19.9 Å². The molecule has 122 valence electrons. The van der Waals surface area contributed by atoms with Crippen LogP contribution in [0.25, 0.3) is 0 Å². The van der Waals surface area contributed by atoms with Gasteiger partial charge in [0.1, 0.15) is 5.60 Å². The Morgan fingerprint density at radius 2 is 1.76 bits per heavy atom. The molecular weight excluding hydrogens is 278 g/mol. The molecule has 0 rings (SSSR count). The molecule has 0 aliphatic rings. The van der Waals surface area contributed by atoms with E-state index < -0.39 is 17.7 Å². The Bertz CT molecular complexity index is 361. The number of hydrogen-bond acceptors (Lipinski definition) is 5. The number of carbonyl (C=O) groups excluding carboxylic acids is 2. The van der Waals surface area contributed by atoms with Crippen LogP contribution in [0, 0.1) is 0 Å². The zero-order valence-electron chi connectivity index (χ0n) is 13.1. The summed E-state index contributed by atoms with van der Waals surface area (Å²) in [5.41, 5.74) is -0.618. The second kappa shape index (κ2) is 9.20. The van der Waals surface area contributed by atoms with Crippen molar-refractivity contribution in [1.82, 2.24) is 5.32 Å². The minimum Gasteiger partial charge on any atom is -0.481 e. The molecule has 0 aromatic carbocycles. The van der Waals surface area contributed by atoms with Gasteiger partial charge in [0.2, 0.25) is 0 Å². The van der Waals surface area contributed by atoms with Gasteiger partial charge in [0, 0.05) is 18.9 Å². The molecule has 7 nitrogen and oxygen atoms in total. The third-order valence-corrected chi connectivity index (χ3v) is 2.59. The maximum atomic E-state index is 11.7. The third kappa shape index (κ3) is 11.7. The van der Waals surface area contributed by atoms with Crippen LogP contribution in [0.1, 0.15) is 52.9 Å². The van der Waals surface area contributed by atoms with Gasteiger partial charge >= 0.3 is 18.0 Å². The summed E-state index contributed by atoms with van der Waals surface area (Å²) in [6.45, 7) is 5.24. The van der Waals surface area contributed by atoms with Crippen molar-refractivity contribution in [2.75, 3.05) is 7.11 Å². The van der Waals surface area contributed by atoms with Crippen LogP contribution in [-0.4, -0.2) is 41.9 Å². The summed E-state index contributed by atoms with van der Waals surface area (Å²) in [5.74, 6) is -1.26. The number of aliphatic carboxylic acids is 1. The summed E-state index contributed by atoms with van der Waals surface area (Å²) in [6, 6.07) is -0.347. The molecule has 0 aliphatic heterocycles. The fourth-order valence-corrected chi connectivity index (χ4v) is 1.66. The van der Waals surface area contributed by atoms with Gasteiger partial charge in [0.15, 0.2) is 0 Å². The number of esters is 1. The molecule has 0 saturated carbocycles. The molecule has 0 heterocycles. The Balaban J connectivity index is 4.34. The maximum Gasteiger partial charge on any atom is 0.407 e. The molecule has 0 aliphatic carbocycles. The van der Waals surface area contributed by atoms with E-state index in [1.165, 1.54) is 7.11 Å². The first-order valence-electron chi connectivity index (χ1n) is 6.92. The summed E-state index contributed by atoms with van der Waals surface area (Å²) in [4.78, 5) is 33.4. The van der Waals surface area contributed by atoms with Crippen LogP contribution in [0.2, 0.25) is 0 Å². The highest BCUT2D eigenvalue weighted by atomic mass is 16.6. The van der Waals surface area contributed by atoms with Crippen molar-refractivity contribution in [3.8, 4) is 0 Å². The van der Waals surface area contributed by atoms with E-state index >= 15 is 0 Å². The van der Waals surface area contributed by atoms with Crippen LogP contribution in [0.5, 0.6) is 0 Å². The number of amides is 1. The van der Waals surface area contributed by atoms with Gasteiger partial charge in [-0.2, -0.15) is 0 Å². The van der Waals surface area contributed by atoms with Crippen molar-refractivity contribution in [3.05, 3.63) is 0 Å². The second-order valence-electron chi connectivity index (χ2n) is 5.74. The highest BCUT2D eigenvalue weighted by molar-refractivity contribution is 5.69. The van der Waals surface area contributed by atoms with Gasteiger partial charge in [0.05, 0.1) is 7.11 Å². The number of hydrogen-bond donors (Lipinski definition) is 2. The van der Waals surface area contributed by atoms with E-state index in [2.05, 4.69) is 10.1 Å². The first-order valence-corrected chi connectivity index (χ1v) is 6.92. The number of alkyl carbamates (subject to hydrolysis) is 1. The Kier molecular flexibility index (Phi) is 8.42. The molecule has 1 amide bonds. The lowest BCUT2D eigenvalue weighted by Crippen LogP contribution is -2.39. The lowest BCUT2D eigenvalue weighted by molar-refractivity contribution is -0.141. The van der Waals surface area contributed by atoms with Crippen molar-refractivity contribution >= 4 is 18.0 Å². The van der Waals surface area contributed by atoms with Gasteiger partial charge in [-0.25, -0.2) is 4.79 Å². The van der Waals surface area contributed by atoms with Gasteiger partial charge in [-0.1, -0.05) is 0 Å². The maximum absolute atomic E-state index is 11.7. The molecule has 0 aromatic heterocycles. The predicted molar refractivity (Wildman–Crippen MR) is 75.9 cm³/mol. The average molecular weight is 303 g/mol. The van der Waals surface area contributed by atoms with Crippen LogP contribution >= 0.6 is 0 Å². The molecule has 0 radical (unpaired) electrons. The monoisotopic (exact) mass is 303 g/mol.